The monoisotopic (exact) mass is 208 g/mol. The van der Waals surface area contributed by atoms with E-state index in [4.69, 9.17) is 0 Å². The fraction of sp³-hybridized carbons (Fsp3) is 0.857. The topological polar surface area (TPSA) is 20.2 Å². The predicted molar refractivity (Wildman–Crippen MR) is 63.6 cm³/mol. The molecule has 0 spiro atoms. The van der Waals surface area contributed by atoms with E-state index < -0.39 is 0 Å². The third kappa shape index (κ3) is 1.75. The molecule has 0 radical (unpaired) electrons. The molecule has 0 aromatic carbocycles. The molecule has 0 aliphatic heterocycles. The van der Waals surface area contributed by atoms with Crippen LogP contribution < -0.4 is 0 Å². The van der Waals surface area contributed by atoms with Crippen molar-refractivity contribution in [3.8, 4) is 0 Å². The van der Waals surface area contributed by atoms with Crippen molar-refractivity contribution in [2.24, 2.45) is 16.7 Å². The maximum Gasteiger partial charge on any atom is 0.0493 e. The minimum atomic E-state index is 0.209. The standard InChI is InChI=1S/C14H24O/c1-11-5-6-12-13(2,3)7-4-8-14(12,9-11)10-15/h5,12,15H,4,6-10H2,1-3H3. The fourth-order valence-electron chi connectivity index (χ4n) is 4.05. The van der Waals surface area contributed by atoms with Crippen molar-refractivity contribution in [1.29, 1.82) is 0 Å². The molecule has 0 saturated heterocycles. The molecule has 1 fully saturated rings. The summed E-state index contributed by atoms with van der Waals surface area (Å²) < 4.78 is 0. The Hall–Kier alpha value is -0.300. The smallest absolute Gasteiger partial charge is 0.0493 e. The first-order valence-corrected chi connectivity index (χ1v) is 6.27. The van der Waals surface area contributed by atoms with Crippen LogP contribution in [0.25, 0.3) is 0 Å². The normalized spacial score (nSPS) is 39.5. The summed E-state index contributed by atoms with van der Waals surface area (Å²) in [4.78, 5) is 0. The molecule has 0 amide bonds. The third-order valence-electron chi connectivity index (χ3n) is 4.83. The quantitative estimate of drug-likeness (QED) is 0.654. The molecule has 86 valence electrons. The number of hydrogen-bond acceptors (Lipinski definition) is 1. The van der Waals surface area contributed by atoms with Crippen molar-refractivity contribution in [1.82, 2.24) is 0 Å². The highest BCUT2D eigenvalue weighted by Gasteiger charge is 2.49. The van der Waals surface area contributed by atoms with E-state index in [2.05, 4.69) is 26.8 Å². The first-order chi connectivity index (χ1) is 7.00. The molecule has 1 saturated carbocycles. The van der Waals surface area contributed by atoms with E-state index in [1.54, 1.807) is 0 Å². The second-order valence-corrected chi connectivity index (χ2v) is 6.38. The highest BCUT2D eigenvalue weighted by atomic mass is 16.3. The van der Waals surface area contributed by atoms with Gasteiger partial charge in [0.1, 0.15) is 0 Å². The Morgan fingerprint density at radius 2 is 2.13 bits per heavy atom. The number of hydrogen-bond donors (Lipinski definition) is 1. The lowest BCUT2D eigenvalue weighted by atomic mass is 9.52. The van der Waals surface area contributed by atoms with Gasteiger partial charge in [-0.15, -0.1) is 0 Å². The van der Waals surface area contributed by atoms with E-state index in [-0.39, 0.29) is 5.41 Å². The summed E-state index contributed by atoms with van der Waals surface area (Å²) in [6.45, 7) is 7.37. The molecule has 2 atom stereocenters. The molecule has 0 bridgehead atoms. The second kappa shape index (κ2) is 3.62. The van der Waals surface area contributed by atoms with Crippen LogP contribution in [0.1, 0.15) is 52.9 Å². The summed E-state index contributed by atoms with van der Waals surface area (Å²) in [6.07, 6.45) is 8.54. The summed E-state index contributed by atoms with van der Waals surface area (Å²) in [6, 6.07) is 0. The van der Waals surface area contributed by atoms with Crippen molar-refractivity contribution in [2.45, 2.75) is 52.9 Å². The van der Waals surface area contributed by atoms with Gasteiger partial charge in [0.05, 0.1) is 0 Å². The third-order valence-corrected chi connectivity index (χ3v) is 4.83. The van der Waals surface area contributed by atoms with Gasteiger partial charge in [0.25, 0.3) is 0 Å². The summed E-state index contributed by atoms with van der Waals surface area (Å²) in [5.41, 5.74) is 2.11. The van der Waals surface area contributed by atoms with Gasteiger partial charge >= 0.3 is 0 Å². The van der Waals surface area contributed by atoms with Crippen molar-refractivity contribution >= 4 is 0 Å². The fourth-order valence-corrected chi connectivity index (χ4v) is 4.05. The summed E-state index contributed by atoms with van der Waals surface area (Å²) >= 11 is 0. The van der Waals surface area contributed by atoms with E-state index >= 15 is 0 Å². The molecule has 0 heterocycles. The van der Waals surface area contributed by atoms with Gasteiger partial charge in [-0.05, 0) is 43.9 Å². The minimum Gasteiger partial charge on any atom is -0.396 e. The average Bonchev–Trinajstić information content (AvgIpc) is 2.16. The summed E-state index contributed by atoms with van der Waals surface area (Å²) in [5, 5.41) is 9.80. The molecule has 0 aromatic rings. The van der Waals surface area contributed by atoms with Crippen LogP contribution in [0, 0.1) is 16.7 Å². The summed E-state index contributed by atoms with van der Waals surface area (Å²) in [7, 11) is 0. The molecule has 0 aromatic heterocycles. The van der Waals surface area contributed by atoms with Gasteiger partial charge in [0, 0.05) is 12.0 Å². The maximum atomic E-state index is 9.80. The molecule has 1 nitrogen and oxygen atoms in total. The van der Waals surface area contributed by atoms with Crippen LogP contribution in [-0.2, 0) is 0 Å². The first kappa shape index (κ1) is 11.2. The molecule has 2 unspecified atom stereocenters. The number of allylic oxidation sites excluding steroid dienone is 2. The number of aliphatic hydroxyl groups excluding tert-OH is 1. The highest BCUT2D eigenvalue weighted by molar-refractivity contribution is 5.14. The maximum absolute atomic E-state index is 9.80. The number of fused-ring (bicyclic) bond motifs is 1. The first-order valence-electron chi connectivity index (χ1n) is 6.27. The molecule has 1 heteroatoms. The zero-order valence-corrected chi connectivity index (χ0v) is 10.3. The highest BCUT2D eigenvalue weighted by Crippen LogP contribution is 2.57. The van der Waals surface area contributed by atoms with Crippen molar-refractivity contribution in [3.05, 3.63) is 11.6 Å². The van der Waals surface area contributed by atoms with Gasteiger partial charge in [-0.1, -0.05) is 31.9 Å². The zero-order valence-electron chi connectivity index (χ0n) is 10.3. The van der Waals surface area contributed by atoms with E-state index in [0.717, 1.165) is 6.42 Å². The van der Waals surface area contributed by atoms with Crippen molar-refractivity contribution in [3.63, 3.8) is 0 Å². The van der Waals surface area contributed by atoms with Gasteiger partial charge in [-0.25, -0.2) is 0 Å². The van der Waals surface area contributed by atoms with Gasteiger partial charge < -0.3 is 5.11 Å². The Labute approximate surface area is 93.6 Å². The second-order valence-electron chi connectivity index (χ2n) is 6.38. The van der Waals surface area contributed by atoms with Crippen LogP contribution in [0.5, 0.6) is 0 Å². The van der Waals surface area contributed by atoms with E-state index in [1.165, 1.54) is 31.3 Å². The van der Waals surface area contributed by atoms with Crippen molar-refractivity contribution < 1.29 is 5.11 Å². The average molecular weight is 208 g/mol. The summed E-state index contributed by atoms with van der Waals surface area (Å²) in [5.74, 6) is 0.687. The zero-order chi connectivity index (χ0) is 11.1. The van der Waals surface area contributed by atoms with E-state index in [9.17, 15) is 5.11 Å². The van der Waals surface area contributed by atoms with Crippen molar-refractivity contribution in [2.75, 3.05) is 6.61 Å². The Bertz CT molecular complexity index is 277. The molecular weight excluding hydrogens is 184 g/mol. The van der Waals surface area contributed by atoms with Gasteiger partial charge in [-0.3, -0.25) is 0 Å². The Morgan fingerprint density at radius 1 is 1.40 bits per heavy atom. The number of aliphatic hydroxyl groups is 1. The van der Waals surface area contributed by atoms with E-state index in [0.29, 0.717) is 17.9 Å². The van der Waals surface area contributed by atoms with E-state index in [1.807, 2.05) is 0 Å². The van der Waals surface area contributed by atoms with Crippen LogP contribution in [0.4, 0.5) is 0 Å². The lowest BCUT2D eigenvalue weighted by molar-refractivity contribution is -0.0523. The molecule has 15 heavy (non-hydrogen) atoms. The lowest BCUT2D eigenvalue weighted by Crippen LogP contribution is -2.47. The van der Waals surface area contributed by atoms with Crippen LogP contribution >= 0.6 is 0 Å². The van der Waals surface area contributed by atoms with Gasteiger partial charge in [-0.2, -0.15) is 0 Å². The molecule has 2 rings (SSSR count). The SMILES string of the molecule is CC1=CCC2C(C)(C)CCCC2(CO)C1. The molecule has 1 N–H and O–H groups in total. The largest absolute Gasteiger partial charge is 0.396 e. The van der Waals surface area contributed by atoms with Crippen LogP contribution in [0.15, 0.2) is 11.6 Å². The van der Waals surface area contributed by atoms with Gasteiger partial charge in [0.2, 0.25) is 0 Å². The van der Waals surface area contributed by atoms with Crippen LogP contribution in [0.2, 0.25) is 0 Å². The molecule has 2 aliphatic carbocycles. The Kier molecular flexibility index (Phi) is 2.70. The van der Waals surface area contributed by atoms with Gasteiger partial charge in [0.15, 0.2) is 0 Å². The Morgan fingerprint density at radius 3 is 2.80 bits per heavy atom. The lowest BCUT2D eigenvalue weighted by Gasteiger charge is -2.54. The Balaban J connectivity index is 2.33. The molecule has 2 aliphatic rings. The molecular formula is C14H24O. The minimum absolute atomic E-state index is 0.209. The van der Waals surface area contributed by atoms with Crippen LogP contribution in [-0.4, -0.2) is 11.7 Å². The predicted octanol–water partition coefficient (Wildman–Crippen LogP) is 3.53. The number of rotatable bonds is 1. The van der Waals surface area contributed by atoms with Crippen LogP contribution in [0.3, 0.4) is 0 Å².